The molecule has 0 amide bonds. The van der Waals surface area contributed by atoms with Crippen molar-refractivity contribution < 1.29 is 4.74 Å². The van der Waals surface area contributed by atoms with Crippen molar-refractivity contribution in [1.82, 2.24) is 0 Å². The van der Waals surface area contributed by atoms with E-state index < -0.39 is 0 Å². The van der Waals surface area contributed by atoms with Crippen molar-refractivity contribution in [2.75, 3.05) is 7.11 Å². The predicted molar refractivity (Wildman–Crippen MR) is 73.1 cm³/mol. The van der Waals surface area contributed by atoms with Crippen molar-refractivity contribution in [3.8, 4) is 5.75 Å². The maximum atomic E-state index is 6.25. The summed E-state index contributed by atoms with van der Waals surface area (Å²) in [6, 6.07) is 7.51. The Hall–Kier alpha value is -1.03. The Morgan fingerprint density at radius 1 is 1.35 bits per heavy atom. The van der Waals surface area contributed by atoms with E-state index in [0.717, 1.165) is 26.8 Å². The molecule has 1 aromatic carbocycles. The van der Waals surface area contributed by atoms with E-state index in [-0.39, 0.29) is 6.04 Å². The third-order valence-electron chi connectivity index (χ3n) is 2.68. The molecule has 2 aromatic rings. The van der Waals surface area contributed by atoms with Crippen molar-refractivity contribution in [2.45, 2.75) is 13.0 Å². The lowest BCUT2D eigenvalue weighted by Crippen LogP contribution is -2.12. The summed E-state index contributed by atoms with van der Waals surface area (Å²) in [6.45, 7) is 1.98. The molecule has 0 fully saturated rings. The minimum absolute atomic E-state index is 0.239. The second-order valence-corrected chi connectivity index (χ2v) is 5.11. The van der Waals surface area contributed by atoms with E-state index >= 15 is 0 Å². The SMILES string of the molecule is COc1ccccc1C(N)c1scc(C)c1Cl. The molecule has 4 heteroatoms. The second-order valence-electron chi connectivity index (χ2n) is 3.82. The second kappa shape index (κ2) is 5.08. The summed E-state index contributed by atoms with van der Waals surface area (Å²) < 4.78 is 5.32. The molecule has 90 valence electrons. The number of methoxy groups -OCH3 is 1. The van der Waals surface area contributed by atoms with Crippen LogP contribution in [-0.4, -0.2) is 7.11 Å². The molecule has 0 spiro atoms. The first-order valence-electron chi connectivity index (χ1n) is 5.27. The molecule has 0 bridgehead atoms. The zero-order valence-corrected chi connectivity index (χ0v) is 11.3. The molecule has 1 unspecified atom stereocenters. The van der Waals surface area contributed by atoms with Gasteiger partial charge in [0, 0.05) is 10.4 Å². The molecule has 0 saturated heterocycles. The number of hydrogen-bond donors (Lipinski definition) is 1. The van der Waals surface area contributed by atoms with Gasteiger partial charge in [0.15, 0.2) is 0 Å². The molecule has 0 saturated carbocycles. The molecule has 1 aromatic heterocycles. The Balaban J connectivity index is 2.43. The number of benzene rings is 1. The van der Waals surface area contributed by atoms with Gasteiger partial charge < -0.3 is 10.5 Å². The van der Waals surface area contributed by atoms with E-state index in [9.17, 15) is 0 Å². The minimum Gasteiger partial charge on any atom is -0.496 e. The van der Waals surface area contributed by atoms with E-state index in [0.29, 0.717) is 0 Å². The zero-order chi connectivity index (χ0) is 12.4. The molecule has 17 heavy (non-hydrogen) atoms. The number of thiophene rings is 1. The van der Waals surface area contributed by atoms with E-state index in [1.54, 1.807) is 18.4 Å². The Morgan fingerprint density at radius 3 is 2.65 bits per heavy atom. The molecule has 0 radical (unpaired) electrons. The van der Waals surface area contributed by atoms with Gasteiger partial charge in [-0.2, -0.15) is 0 Å². The van der Waals surface area contributed by atoms with Crippen LogP contribution in [0.1, 0.15) is 22.0 Å². The quantitative estimate of drug-likeness (QED) is 0.919. The van der Waals surface area contributed by atoms with Gasteiger partial charge in [-0.05, 0) is 23.9 Å². The number of nitrogens with two attached hydrogens (primary N) is 1. The molecule has 2 rings (SSSR count). The largest absolute Gasteiger partial charge is 0.496 e. The topological polar surface area (TPSA) is 35.2 Å². The number of aryl methyl sites for hydroxylation is 1. The van der Waals surface area contributed by atoms with Gasteiger partial charge >= 0.3 is 0 Å². The summed E-state index contributed by atoms with van der Waals surface area (Å²) in [4.78, 5) is 0.980. The smallest absolute Gasteiger partial charge is 0.124 e. The van der Waals surface area contributed by atoms with Crippen LogP contribution in [0.25, 0.3) is 0 Å². The zero-order valence-electron chi connectivity index (χ0n) is 9.74. The fourth-order valence-electron chi connectivity index (χ4n) is 1.72. The van der Waals surface area contributed by atoms with Crippen LogP contribution in [0.15, 0.2) is 29.6 Å². The summed E-state index contributed by atoms with van der Waals surface area (Å²) in [7, 11) is 1.65. The molecule has 1 atom stereocenters. The summed E-state index contributed by atoms with van der Waals surface area (Å²) in [5.74, 6) is 0.794. The molecular formula is C13H14ClNOS. The first-order chi connectivity index (χ1) is 8.15. The van der Waals surface area contributed by atoms with Crippen LogP contribution in [-0.2, 0) is 0 Å². The summed E-state index contributed by atoms with van der Waals surface area (Å²) in [5, 5.41) is 2.78. The van der Waals surface area contributed by atoms with Crippen molar-refractivity contribution >= 4 is 22.9 Å². The lowest BCUT2D eigenvalue weighted by atomic mass is 10.0. The van der Waals surface area contributed by atoms with Crippen LogP contribution in [0.5, 0.6) is 5.75 Å². The lowest BCUT2D eigenvalue weighted by Gasteiger charge is -2.14. The Labute approximate surface area is 110 Å². The average molecular weight is 268 g/mol. The molecule has 2 nitrogen and oxygen atoms in total. The number of hydrogen-bond acceptors (Lipinski definition) is 3. The fourth-order valence-corrected chi connectivity index (χ4v) is 3.05. The highest BCUT2D eigenvalue weighted by atomic mass is 35.5. The average Bonchev–Trinajstić information content (AvgIpc) is 2.69. The van der Waals surface area contributed by atoms with Gasteiger partial charge in [0.1, 0.15) is 5.75 Å². The molecule has 0 aliphatic heterocycles. The van der Waals surface area contributed by atoms with Gasteiger partial charge in [0.2, 0.25) is 0 Å². The maximum Gasteiger partial charge on any atom is 0.124 e. The lowest BCUT2D eigenvalue weighted by molar-refractivity contribution is 0.408. The van der Waals surface area contributed by atoms with Crippen LogP contribution < -0.4 is 10.5 Å². The highest BCUT2D eigenvalue weighted by Crippen LogP contribution is 2.37. The standard InChI is InChI=1S/C13H14ClNOS/c1-8-7-17-13(11(8)14)12(15)9-5-3-4-6-10(9)16-2/h3-7,12H,15H2,1-2H3. The van der Waals surface area contributed by atoms with Crippen LogP contribution in [0.2, 0.25) is 5.02 Å². The number of ether oxygens (including phenoxy) is 1. The highest BCUT2D eigenvalue weighted by Gasteiger charge is 2.18. The van der Waals surface area contributed by atoms with Gasteiger partial charge in [-0.15, -0.1) is 11.3 Å². The fraction of sp³-hybridized carbons (Fsp3) is 0.231. The van der Waals surface area contributed by atoms with Crippen molar-refractivity contribution in [3.63, 3.8) is 0 Å². The maximum absolute atomic E-state index is 6.25. The molecular weight excluding hydrogens is 254 g/mol. The Morgan fingerprint density at radius 2 is 2.06 bits per heavy atom. The van der Waals surface area contributed by atoms with Crippen molar-refractivity contribution in [1.29, 1.82) is 0 Å². The van der Waals surface area contributed by atoms with Crippen molar-refractivity contribution in [3.05, 3.63) is 50.7 Å². The Kier molecular flexibility index (Phi) is 3.72. The van der Waals surface area contributed by atoms with Crippen molar-refractivity contribution in [2.24, 2.45) is 5.73 Å². The molecule has 0 aliphatic carbocycles. The van der Waals surface area contributed by atoms with E-state index in [2.05, 4.69) is 0 Å². The van der Waals surface area contributed by atoms with Crippen LogP contribution in [0.3, 0.4) is 0 Å². The summed E-state index contributed by atoms with van der Waals surface area (Å²) >= 11 is 7.82. The van der Waals surface area contributed by atoms with Gasteiger partial charge in [-0.1, -0.05) is 29.8 Å². The normalized spacial score (nSPS) is 12.5. The van der Waals surface area contributed by atoms with Crippen LogP contribution >= 0.6 is 22.9 Å². The van der Waals surface area contributed by atoms with Crippen LogP contribution in [0.4, 0.5) is 0 Å². The highest BCUT2D eigenvalue weighted by molar-refractivity contribution is 7.10. The van der Waals surface area contributed by atoms with E-state index in [1.165, 1.54) is 0 Å². The first kappa shape index (κ1) is 12.4. The summed E-state index contributed by atoms with van der Waals surface area (Å²) in [6.07, 6.45) is 0. The first-order valence-corrected chi connectivity index (χ1v) is 6.53. The monoisotopic (exact) mass is 267 g/mol. The predicted octanol–water partition coefficient (Wildman–Crippen LogP) is 3.77. The third kappa shape index (κ3) is 2.32. The molecule has 2 N–H and O–H groups in total. The van der Waals surface area contributed by atoms with Gasteiger partial charge in [-0.3, -0.25) is 0 Å². The number of rotatable bonds is 3. The van der Waals surface area contributed by atoms with Gasteiger partial charge in [0.05, 0.1) is 18.2 Å². The Bertz CT molecular complexity index is 524. The molecule has 1 heterocycles. The number of halogens is 1. The third-order valence-corrected chi connectivity index (χ3v) is 4.48. The minimum atomic E-state index is -0.239. The van der Waals surface area contributed by atoms with E-state index in [1.807, 2.05) is 36.6 Å². The van der Waals surface area contributed by atoms with Gasteiger partial charge in [-0.25, -0.2) is 0 Å². The van der Waals surface area contributed by atoms with Gasteiger partial charge in [0.25, 0.3) is 0 Å². The summed E-state index contributed by atoms with van der Waals surface area (Å²) in [5.41, 5.74) is 8.28. The molecule has 0 aliphatic rings. The van der Waals surface area contributed by atoms with Crippen LogP contribution in [0, 0.1) is 6.92 Å². The number of para-hydroxylation sites is 1. The van der Waals surface area contributed by atoms with E-state index in [4.69, 9.17) is 22.1 Å².